The van der Waals surface area contributed by atoms with E-state index >= 15 is 0 Å². The molecule has 0 unspecified atom stereocenters. The van der Waals surface area contributed by atoms with Crippen LogP contribution in [0.3, 0.4) is 0 Å². The van der Waals surface area contributed by atoms with E-state index in [-0.39, 0.29) is 0 Å². The van der Waals surface area contributed by atoms with E-state index < -0.39 is 0 Å². The van der Waals surface area contributed by atoms with Crippen LogP contribution in [0.15, 0.2) is 42.5 Å². The summed E-state index contributed by atoms with van der Waals surface area (Å²) in [5.74, 6) is 0. The predicted molar refractivity (Wildman–Crippen MR) is 87.0 cm³/mol. The third-order valence-corrected chi connectivity index (χ3v) is 3.85. The molecule has 1 N–H and O–H groups in total. The highest BCUT2D eigenvalue weighted by Gasteiger charge is 1.98. The number of rotatable bonds is 4. The van der Waals surface area contributed by atoms with Gasteiger partial charge in [0, 0.05) is 15.8 Å². The van der Waals surface area contributed by atoms with Crippen LogP contribution in [0.25, 0.3) is 0 Å². The van der Waals surface area contributed by atoms with Gasteiger partial charge in [-0.15, -0.1) is 0 Å². The molecule has 0 atom stereocenters. The molecule has 0 amide bonds. The van der Waals surface area contributed by atoms with Crippen molar-refractivity contribution in [3.63, 3.8) is 0 Å². The smallest absolute Gasteiger partial charge is 0.0400 e. The third kappa shape index (κ3) is 3.48. The topological polar surface area (TPSA) is 12.0 Å². The van der Waals surface area contributed by atoms with Crippen LogP contribution in [0, 0.1) is 10.5 Å². The fourth-order valence-electron chi connectivity index (χ4n) is 2.01. The van der Waals surface area contributed by atoms with Crippen LogP contribution in [-0.4, -0.2) is 0 Å². The quantitative estimate of drug-likeness (QED) is 0.782. The molecule has 0 aliphatic carbocycles. The molecule has 0 saturated heterocycles. The lowest BCUT2D eigenvalue weighted by Gasteiger charge is -2.10. The normalized spacial score (nSPS) is 10.4. The molecule has 0 heterocycles. The van der Waals surface area contributed by atoms with Crippen molar-refractivity contribution >= 4 is 28.3 Å². The summed E-state index contributed by atoms with van der Waals surface area (Å²) in [6.45, 7) is 5.25. The van der Waals surface area contributed by atoms with Gasteiger partial charge in [-0.3, -0.25) is 0 Å². The van der Waals surface area contributed by atoms with Gasteiger partial charge in [0.25, 0.3) is 0 Å². The second kappa shape index (κ2) is 6.23. The first-order chi connectivity index (χ1) is 8.69. The molecule has 0 aromatic heterocycles. The van der Waals surface area contributed by atoms with E-state index in [1.54, 1.807) is 0 Å². The van der Waals surface area contributed by atoms with Gasteiger partial charge in [0.2, 0.25) is 0 Å². The first-order valence-corrected chi connectivity index (χ1v) is 7.34. The maximum absolute atomic E-state index is 3.47. The van der Waals surface area contributed by atoms with Crippen molar-refractivity contribution in [1.29, 1.82) is 0 Å². The minimum absolute atomic E-state index is 0.877. The fourth-order valence-corrected chi connectivity index (χ4v) is 2.37. The largest absolute Gasteiger partial charge is 0.381 e. The van der Waals surface area contributed by atoms with E-state index in [4.69, 9.17) is 0 Å². The van der Waals surface area contributed by atoms with Crippen LogP contribution in [0.4, 0.5) is 5.69 Å². The van der Waals surface area contributed by atoms with Gasteiger partial charge in [-0.1, -0.05) is 25.1 Å². The van der Waals surface area contributed by atoms with Crippen LogP contribution < -0.4 is 5.32 Å². The fraction of sp³-hybridized carbons (Fsp3) is 0.250. The molecule has 0 aliphatic rings. The van der Waals surface area contributed by atoms with Gasteiger partial charge in [-0.25, -0.2) is 0 Å². The van der Waals surface area contributed by atoms with Gasteiger partial charge in [0.15, 0.2) is 0 Å². The van der Waals surface area contributed by atoms with Crippen molar-refractivity contribution in [1.82, 2.24) is 0 Å². The first-order valence-electron chi connectivity index (χ1n) is 6.27. The van der Waals surface area contributed by atoms with Gasteiger partial charge >= 0.3 is 0 Å². The molecular formula is C16H18IN. The third-order valence-electron chi connectivity index (χ3n) is 3.13. The molecule has 0 saturated carbocycles. The van der Waals surface area contributed by atoms with Crippen molar-refractivity contribution in [2.75, 3.05) is 5.32 Å². The molecule has 1 nitrogen and oxygen atoms in total. The highest BCUT2D eigenvalue weighted by atomic mass is 127. The number of aryl methyl sites for hydroxylation is 2. The number of hydrogen-bond donors (Lipinski definition) is 1. The Labute approximate surface area is 123 Å². The van der Waals surface area contributed by atoms with E-state index in [0.29, 0.717) is 0 Å². The number of benzene rings is 2. The molecule has 0 spiro atoms. The van der Waals surface area contributed by atoms with Crippen LogP contribution in [0.2, 0.25) is 0 Å². The summed E-state index contributed by atoms with van der Waals surface area (Å²) >= 11 is 2.33. The first kappa shape index (κ1) is 13.4. The highest BCUT2D eigenvalue weighted by Crippen LogP contribution is 2.16. The van der Waals surface area contributed by atoms with Crippen LogP contribution in [0.5, 0.6) is 0 Å². The second-order valence-corrected chi connectivity index (χ2v) is 5.72. The van der Waals surface area contributed by atoms with Crippen LogP contribution in [0.1, 0.15) is 23.6 Å². The Morgan fingerprint density at radius 1 is 1.06 bits per heavy atom. The summed E-state index contributed by atoms with van der Waals surface area (Å²) in [4.78, 5) is 0. The van der Waals surface area contributed by atoms with Gasteiger partial charge in [0.1, 0.15) is 0 Å². The number of nitrogens with one attached hydrogen (secondary N) is 1. The summed E-state index contributed by atoms with van der Waals surface area (Å²) in [5, 5.41) is 3.47. The molecule has 2 aromatic rings. The summed E-state index contributed by atoms with van der Waals surface area (Å²) in [6, 6.07) is 15.2. The zero-order valence-electron chi connectivity index (χ0n) is 10.8. The average molecular weight is 351 g/mol. The van der Waals surface area contributed by atoms with Gasteiger partial charge in [0.05, 0.1) is 0 Å². The van der Waals surface area contributed by atoms with Crippen molar-refractivity contribution in [3.05, 3.63) is 62.7 Å². The number of halogens is 1. The van der Waals surface area contributed by atoms with Gasteiger partial charge < -0.3 is 5.32 Å². The highest BCUT2D eigenvalue weighted by molar-refractivity contribution is 14.1. The zero-order valence-corrected chi connectivity index (χ0v) is 13.0. The van der Waals surface area contributed by atoms with Crippen LogP contribution >= 0.6 is 22.6 Å². The van der Waals surface area contributed by atoms with Crippen molar-refractivity contribution in [2.45, 2.75) is 26.8 Å². The Morgan fingerprint density at radius 2 is 1.78 bits per heavy atom. The summed E-state index contributed by atoms with van der Waals surface area (Å²) < 4.78 is 1.28. The van der Waals surface area contributed by atoms with E-state index in [2.05, 4.69) is 84.2 Å². The lowest BCUT2D eigenvalue weighted by molar-refractivity contribution is 1.10. The Bertz CT molecular complexity index is 517. The molecule has 0 radical (unpaired) electrons. The molecule has 2 rings (SSSR count). The summed E-state index contributed by atoms with van der Waals surface area (Å²) in [6.07, 6.45) is 1.10. The van der Waals surface area contributed by atoms with E-state index in [9.17, 15) is 0 Å². The monoisotopic (exact) mass is 351 g/mol. The van der Waals surface area contributed by atoms with E-state index in [1.807, 2.05) is 0 Å². The number of anilines is 1. The Balaban J connectivity index is 2.02. The van der Waals surface area contributed by atoms with Gasteiger partial charge in [-0.2, -0.15) is 0 Å². The van der Waals surface area contributed by atoms with Gasteiger partial charge in [-0.05, 0) is 76.9 Å². The van der Waals surface area contributed by atoms with Crippen molar-refractivity contribution in [3.8, 4) is 0 Å². The summed E-state index contributed by atoms with van der Waals surface area (Å²) in [5.41, 5.74) is 5.30. The maximum atomic E-state index is 3.47. The molecule has 0 aliphatic heterocycles. The minimum Gasteiger partial charge on any atom is -0.381 e. The molecule has 0 fully saturated rings. The molecule has 18 heavy (non-hydrogen) atoms. The minimum atomic E-state index is 0.877. The SMILES string of the molecule is CCc1ccc(NCc2ccc(I)cc2)cc1C. The molecule has 0 bridgehead atoms. The van der Waals surface area contributed by atoms with Crippen molar-refractivity contribution in [2.24, 2.45) is 0 Å². The lowest BCUT2D eigenvalue weighted by Crippen LogP contribution is -2.00. The Kier molecular flexibility index (Phi) is 4.64. The average Bonchev–Trinajstić information content (AvgIpc) is 2.38. The predicted octanol–water partition coefficient (Wildman–Crippen LogP) is 4.77. The molecular weight excluding hydrogens is 333 g/mol. The standard InChI is InChI=1S/C16H18IN/c1-3-14-6-9-16(10-12(14)2)18-11-13-4-7-15(17)8-5-13/h4-10,18H,3,11H2,1-2H3. The Morgan fingerprint density at radius 3 is 2.39 bits per heavy atom. The molecule has 2 aromatic carbocycles. The molecule has 2 heteroatoms. The Hall–Kier alpha value is -1.03. The second-order valence-electron chi connectivity index (χ2n) is 4.47. The van der Waals surface area contributed by atoms with E-state index in [0.717, 1.165) is 13.0 Å². The zero-order chi connectivity index (χ0) is 13.0. The molecule has 94 valence electrons. The number of hydrogen-bond acceptors (Lipinski definition) is 1. The lowest BCUT2D eigenvalue weighted by atomic mass is 10.1. The maximum Gasteiger partial charge on any atom is 0.0400 e. The summed E-state index contributed by atoms with van der Waals surface area (Å²) in [7, 11) is 0. The van der Waals surface area contributed by atoms with E-state index in [1.165, 1.54) is 25.9 Å². The van der Waals surface area contributed by atoms with Crippen LogP contribution in [-0.2, 0) is 13.0 Å². The van der Waals surface area contributed by atoms with Crippen molar-refractivity contribution < 1.29 is 0 Å².